The lowest BCUT2D eigenvalue weighted by molar-refractivity contribution is -0.117. The van der Waals surface area contributed by atoms with E-state index in [9.17, 15) is 4.79 Å². The molecular formula is C20H26N2O3S. The van der Waals surface area contributed by atoms with E-state index in [1.807, 2.05) is 31.2 Å². The third kappa shape index (κ3) is 5.30. The highest BCUT2D eigenvalue weighted by atomic mass is 32.1. The number of carbonyl (C=O) groups is 1. The monoisotopic (exact) mass is 374 g/mol. The van der Waals surface area contributed by atoms with Gasteiger partial charge < -0.3 is 14.8 Å². The number of hydrogen-bond donors (Lipinski definition) is 1. The fraction of sp³-hybridized carbons (Fsp3) is 0.450. The summed E-state index contributed by atoms with van der Waals surface area (Å²) in [4.78, 5) is 16.1. The molecule has 1 atom stereocenters. The molecular weight excluding hydrogens is 348 g/mol. The van der Waals surface area contributed by atoms with E-state index in [-0.39, 0.29) is 12.0 Å². The Bertz CT molecular complexity index is 712. The molecule has 1 aromatic heterocycles. The number of anilines is 1. The van der Waals surface area contributed by atoms with Gasteiger partial charge in [-0.1, -0.05) is 12.1 Å². The van der Waals surface area contributed by atoms with E-state index in [1.54, 1.807) is 18.4 Å². The number of nitrogens with zero attached hydrogens (tertiary/aromatic N) is 1. The van der Waals surface area contributed by atoms with Crippen molar-refractivity contribution in [2.75, 3.05) is 32.1 Å². The predicted molar refractivity (Wildman–Crippen MR) is 105 cm³/mol. The first-order valence-electron chi connectivity index (χ1n) is 8.95. The molecule has 0 bridgehead atoms. The molecule has 1 aliphatic rings. The molecule has 1 aliphatic heterocycles. The van der Waals surface area contributed by atoms with Gasteiger partial charge in [-0.3, -0.25) is 9.69 Å². The van der Waals surface area contributed by atoms with Crippen molar-refractivity contribution in [3.05, 3.63) is 46.2 Å². The first-order valence-corrected chi connectivity index (χ1v) is 9.83. The van der Waals surface area contributed by atoms with Gasteiger partial charge in [0, 0.05) is 24.6 Å². The molecule has 0 radical (unpaired) electrons. The Morgan fingerprint density at radius 1 is 1.42 bits per heavy atom. The maximum atomic E-state index is 12.7. The second kappa shape index (κ2) is 9.16. The van der Waals surface area contributed by atoms with Crippen LogP contribution in [0.2, 0.25) is 0 Å². The van der Waals surface area contributed by atoms with E-state index in [1.165, 1.54) is 4.88 Å². The third-order valence-corrected chi connectivity index (χ3v) is 5.30. The molecule has 1 N–H and O–H groups in total. The van der Waals surface area contributed by atoms with Crippen LogP contribution in [0.4, 0.5) is 5.69 Å². The topological polar surface area (TPSA) is 50.8 Å². The molecule has 3 rings (SSSR count). The van der Waals surface area contributed by atoms with Gasteiger partial charge in [-0.05, 0) is 48.9 Å². The minimum Gasteiger partial charge on any atom is -0.495 e. The Labute approximate surface area is 158 Å². The summed E-state index contributed by atoms with van der Waals surface area (Å²) in [5.41, 5.74) is 1.79. The summed E-state index contributed by atoms with van der Waals surface area (Å²) in [5.74, 6) is 0.635. The Hall–Kier alpha value is -1.89. The van der Waals surface area contributed by atoms with Crippen LogP contribution in [-0.2, 0) is 16.1 Å². The second-order valence-corrected chi connectivity index (χ2v) is 7.67. The van der Waals surface area contributed by atoms with Crippen molar-refractivity contribution < 1.29 is 14.3 Å². The summed E-state index contributed by atoms with van der Waals surface area (Å²) in [7, 11) is 1.61. The predicted octanol–water partition coefficient (Wildman–Crippen LogP) is 3.68. The van der Waals surface area contributed by atoms with Crippen molar-refractivity contribution in [1.29, 1.82) is 0 Å². The van der Waals surface area contributed by atoms with Crippen LogP contribution >= 0.6 is 11.3 Å². The number of rotatable bonds is 8. The normalized spacial score (nSPS) is 16.8. The molecule has 140 valence electrons. The number of hydrogen-bond acceptors (Lipinski definition) is 5. The molecule has 1 amide bonds. The van der Waals surface area contributed by atoms with Crippen molar-refractivity contribution in [2.24, 2.45) is 0 Å². The van der Waals surface area contributed by atoms with Crippen LogP contribution in [0, 0.1) is 6.92 Å². The third-order valence-electron chi connectivity index (χ3n) is 4.44. The summed E-state index contributed by atoms with van der Waals surface area (Å²) >= 11 is 1.71. The Kier molecular flexibility index (Phi) is 6.66. The SMILES string of the molecule is COc1ccc(C)cc1NC(=O)CN(Cc1cccs1)CC1CCCO1. The van der Waals surface area contributed by atoms with Gasteiger partial charge >= 0.3 is 0 Å². The van der Waals surface area contributed by atoms with Gasteiger partial charge in [-0.15, -0.1) is 11.3 Å². The van der Waals surface area contributed by atoms with Gasteiger partial charge in [0.15, 0.2) is 0 Å². The molecule has 26 heavy (non-hydrogen) atoms. The van der Waals surface area contributed by atoms with Crippen LogP contribution in [0.25, 0.3) is 0 Å². The molecule has 0 saturated carbocycles. The van der Waals surface area contributed by atoms with Gasteiger partial charge in [0.1, 0.15) is 5.75 Å². The number of methoxy groups -OCH3 is 1. The highest BCUT2D eigenvalue weighted by molar-refractivity contribution is 7.09. The molecule has 5 nitrogen and oxygen atoms in total. The van der Waals surface area contributed by atoms with Crippen molar-refractivity contribution in [1.82, 2.24) is 4.90 Å². The smallest absolute Gasteiger partial charge is 0.238 e. The maximum Gasteiger partial charge on any atom is 0.238 e. The van der Waals surface area contributed by atoms with Crippen molar-refractivity contribution >= 4 is 22.9 Å². The number of nitrogens with one attached hydrogen (secondary N) is 1. The summed E-state index contributed by atoms with van der Waals surface area (Å²) in [6.45, 7) is 4.68. The van der Waals surface area contributed by atoms with Gasteiger partial charge in [-0.2, -0.15) is 0 Å². The minimum absolute atomic E-state index is 0.0385. The van der Waals surface area contributed by atoms with Crippen LogP contribution < -0.4 is 10.1 Å². The molecule has 0 aliphatic carbocycles. The summed E-state index contributed by atoms with van der Waals surface area (Å²) in [6, 6.07) is 9.92. The highest BCUT2D eigenvalue weighted by Gasteiger charge is 2.21. The molecule has 1 aromatic carbocycles. The quantitative estimate of drug-likeness (QED) is 0.766. The zero-order valence-electron chi connectivity index (χ0n) is 15.4. The Balaban J connectivity index is 1.65. The number of thiophene rings is 1. The largest absolute Gasteiger partial charge is 0.495 e. The average Bonchev–Trinajstić information content (AvgIpc) is 3.29. The number of amides is 1. The minimum atomic E-state index is -0.0385. The second-order valence-electron chi connectivity index (χ2n) is 6.64. The fourth-order valence-corrected chi connectivity index (χ4v) is 3.94. The first-order chi connectivity index (χ1) is 12.6. The van der Waals surface area contributed by atoms with Gasteiger partial charge in [0.05, 0.1) is 25.4 Å². The van der Waals surface area contributed by atoms with Crippen molar-refractivity contribution in [2.45, 2.75) is 32.4 Å². The fourth-order valence-electron chi connectivity index (χ4n) is 3.20. The molecule has 1 saturated heterocycles. The zero-order chi connectivity index (χ0) is 18.4. The van der Waals surface area contributed by atoms with E-state index in [0.29, 0.717) is 18.0 Å². The van der Waals surface area contributed by atoms with E-state index < -0.39 is 0 Å². The lowest BCUT2D eigenvalue weighted by Crippen LogP contribution is -2.37. The molecule has 2 heterocycles. The van der Waals surface area contributed by atoms with Gasteiger partial charge in [0.2, 0.25) is 5.91 Å². The van der Waals surface area contributed by atoms with Gasteiger partial charge in [-0.25, -0.2) is 0 Å². The van der Waals surface area contributed by atoms with Crippen LogP contribution in [0.5, 0.6) is 5.75 Å². The summed E-state index contributed by atoms with van der Waals surface area (Å²) < 4.78 is 11.1. The van der Waals surface area contributed by atoms with Crippen LogP contribution in [0.15, 0.2) is 35.7 Å². The maximum absolute atomic E-state index is 12.7. The standard InChI is InChI=1S/C20H26N2O3S/c1-15-7-8-19(24-2)18(11-15)21-20(23)14-22(12-16-5-3-9-25-16)13-17-6-4-10-26-17/h4,6-8,10-11,16H,3,5,9,12-14H2,1-2H3,(H,21,23). The molecule has 0 spiro atoms. The van der Waals surface area contributed by atoms with Gasteiger partial charge in [0.25, 0.3) is 0 Å². The summed E-state index contributed by atoms with van der Waals surface area (Å²) in [5, 5.41) is 5.06. The molecule has 1 fully saturated rings. The van der Waals surface area contributed by atoms with Crippen molar-refractivity contribution in [3.8, 4) is 5.75 Å². The van der Waals surface area contributed by atoms with E-state index in [4.69, 9.17) is 9.47 Å². The van der Waals surface area contributed by atoms with Crippen LogP contribution in [0.3, 0.4) is 0 Å². The van der Waals surface area contributed by atoms with Crippen LogP contribution in [0.1, 0.15) is 23.3 Å². The summed E-state index contributed by atoms with van der Waals surface area (Å²) in [6.07, 6.45) is 2.38. The molecule has 6 heteroatoms. The lowest BCUT2D eigenvalue weighted by Gasteiger charge is -2.24. The molecule has 1 unspecified atom stereocenters. The lowest BCUT2D eigenvalue weighted by atomic mass is 10.2. The van der Waals surface area contributed by atoms with E-state index >= 15 is 0 Å². The van der Waals surface area contributed by atoms with E-state index in [2.05, 4.69) is 21.7 Å². The number of ether oxygens (including phenoxy) is 2. The number of benzene rings is 1. The van der Waals surface area contributed by atoms with Crippen LogP contribution in [-0.4, -0.2) is 43.7 Å². The Morgan fingerprint density at radius 2 is 2.31 bits per heavy atom. The number of aryl methyl sites for hydroxylation is 1. The molecule has 2 aromatic rings. The first kappa shape index (κ1) is 18.9. The number of carbonyl (C=O) groups excluding carboxylic acids is 1. The highest BCUT2D eigenvalue weighted by Crippen LogP contribution is 2.25. The van der Waals surface area contributed by atoms with Crippen molar-refractivity contribution in [3.63, 3.8) is 0 Å². The average molecular weight is 375 g/mol. The Morgan fingerprint density at radius 3 is 3.00 bits per heavy atom. The van der Waals surface area contributed by atoms with E-state index in [0.717, 1.165) is 38.1 Å². The zero-order valence-corrected chi connectivity index (χ0v) is 16.2.